The molecule has 1 aromatic carbocycles. The molecule has 0 aliphatic carbocycles. The minimum absolute atomic E-state index is 0.0698. The van der Waals surface area contributed by atoms with Crippen LogP contribution in [-0.2, 0) is 9.84 Å². The zero-order chi connectivity index (χ0) is 13.6. The van der Waals surface area contributed by atoms with Crippen LogP contribution < -0.4 is 0 Å². The van der Waals surface area contributed by atoms with E-state index in [4.69, 9.17) is 0 Å². The summed E-state index contributed by atoms with van der Waals surface area (Å²) >= 11 is 0. The predicted octanol–water partition coefficient (Wildman–Crippen LogP) is 0.717. The van der Waals surface area contributed by atoms with Gasteiger partial charge in [-0.1, -0.05) is 12.1 Å². The number of hydrogen-bond acceptors (Lipinski definition) is 4. The number of carbonyl (C=O) groups excluding carboxylic acids is 2. The van der Waals surface area contributed by atoms with Gasteiger partial charge in [0.25, 0.3) is 11.8 Å². The fraction of sp³-hybridized carbons (Fsp3) is 0.385. The number of hydrogen-bond donors (Lipinski definition) is 0. The van der Waals surface area contributed by atoms with Crippen LogP contribution in [0.4, 0.5) is 0 Å². The Balaban J connectivity index is 1.82. The molecule has 0 aromatic heterocycles. The molecule has 2 aliphatic rings. The number of rotatable bonds is 2. The number of imide groups is 1. The number of amides is 2. The summed E-state index contributed by atoms with van der Waals surface area (Å²) in [7, 11) is -2.99. The quantitative estimate of drug-likeness (QED) is 0.748. The molecule has 100 valence electrons. The van der Waals surface area contributed by atoms with Gasteiger partial charge in [0.1, 0.15) is 0 Å². The first kappa shape index (κ1) is 12.3. The number of benzene rings is 1. The lowest BCUT2D eigenvalue weighted by molar-refractivity contribution is 0.0634. The Kier molecular flexibility index (Phi) is 2.70. The number of sulfone groups is 1. The molecule has 19 heavy (non-hydrogen) atoms. The fourth-order valence-electron chi connectivity index (χ4n) is 2.68. The lowest BCUT2D eigenvalue weighted by Crippen LogP contribution is -2.35. The van der Waals surface area contributed by atoms with Gasteiger partial charge in [-0.15, -0.1) is 0 Å². The van der Waals surface area contributed by atoms with Gasteiger partial charge in [0.05, 0.1) is 22.6 Å². The first-order valence-electron chi connectivity index (χ1n) is 6.13. The Labute approximate surface area is 111 Å². The van der Waals surface area contributed by atoms with Gasteiger partial charge in [-0.25, -0.2) is 8.42 Å². The van der Waals surface area contributed by atoms with Crippen LogP contribution in [-0.4, -0.2) is 43.2 Å². The molecular weight excluding hydrogens is 266 g/mol. The van der Waals surface area contributed by atoms with Crippen LogP contribution in [0.15, 0.2) is 24.3 Å². The van der Waals surface area contributed by atoms with Crippen molar-refractivity contribution >= 4 is 21.7 Å². The molecule has 2 amide bonds. The van der Waals surface area contributed by atoms with Gasteiger partial charge < -0.3 is 0 Å². The van der Waals surface area contributed by atoms with Crippen molar-refractivity contribution in [2.75, 3.05) is 18.1 Å². The lowest BCUT2D eigenvalue weighted by atomic mass is 10.1. The van der Waals surface area contributed by atoms with Crippen molar-refractivity contribution in [2.24, 2.45) is 5.92 Å². The molecule has 0 spiro atoms. The van der Waals surface area contributed by atoms with E-state index < -0.39 is 9.84 Å². The van der Waals surface area contributed by atoms with Crippen LogP contribution in [0.3, 0.4) is 0 Å². The minimum Gasteiger partial charge on any atom is -0.274 e. The fourth-order valence-corrected chi connectivity index (χ4v) is 4.53. The van der Waals surface area contributed by atoms with Crippen molar-refractivity contribution in [3.8, 4) is 0 Å². The largest absolute Gasteiger partial charge is 0.274 e. The SMILES string of the molecule is O=C1c2ccccc2C(=O)N1CC1CCS(=O)(=O)C1. The number of fused-ring (bicyclic) bond motifs is 1. The molecule has 0 saturated carbocycles. The van der Waals surface area contributed by atoms with Crippen molar-refractivity contribution in [2.45, 2.75) is 6.42 Å². The average molecular weight is 279 g/mol. The molecule has 1 aromatic rings. The molecule has 1 fully saturated rings. The first-order valence-corrected chi connectivity index (χ1v) is 7.96. The molecule has 5 nitrogen and oxygen atoms in total. The van der Waals surface area contributed by atoms with Gasteiger partial charge >= 0.3 is 0 Å². The van der Waals surface area contributed by atoms with Gasteiger partial charge in [-0.3, -0.25) is 14.5 Å². The molecule has 2 aliphatic heterocycles. The topological polar surface area (TPSA) is 71.5 Å². The zero-order valence-electron chi connectivity index (χ0n) is 10.2. The molecular formula is C13H13NO4S. The summed E-state index contributed by atoms with van der Waals surface area (Å²) in [4.78, 5) is 25.4. The standard InChI is InChI=1S/C13H13NO4S/c15-12-10-3-1-2-4-11(10)13(16)14(12)7-9-5-6-19(17,18)8-9/h1-4,9H,5-8H2. The van der Waals surface area contributed by atoms with E-state index in [1.165, 1.54) is 4.90 Å². The number of carbonyl (C=O) groups is 2. The highest BCUT2D eigenvalue weighted by molar-refractivity contribution is 7.91. The molecule has 0 N–H and O–H groups in total. The minimum atomic E-state index is -2.99. The van der Waals surface area contributed by atoms with E-state index in [9.17, 15) is 18.0 Å². The summed E-state index contributed by atoms with van der Waals surface area (Å²) in [5.74, 6) is -0.539. The highest BCUT2D eigenvalue weighted by Gasteiger charge is 2.38. The van der Waals surface area contributed by atoms with Crippen LogP contribution in [0.2, 0.25) is 0 Å². The van der Waals surface area contributed by atoms with Crippen LogP contribution >= 0.6 is 0 Å². The third-order valence-electron chi connectivity index (χ3n) is 3.65. The van der Waals surface area contributed by atoms with Gasteiger partial charge in [0, 0.05) is 6.54 Å². The van der Waals surface area contributed by atoms with E-state index >= 15 is 0 Å². The third kappa shape index (κ3) is 2.06. The molecule has 2 heterocycles. The molecule has 3 rings (SSSR count). The summed E-state index contributed by atoms with van der Waals surface area (Å²) in [6.45, 7) is 0.200. The highest BCUT2D eigenvalue weighted by atomic mass is 32.2. The Bertz CT molecular complexity index is 630. The third-order valence-corrected chi connectivity index (χ3v) is 5.48. The van der Waals surface area contributed by atoms with E-state index in [0.29, 0.717) is 17.5 Å². The highest BCUT2D eigenvalue weighted by Crippen LogP contribution is 2.26. The van der Waals surface area contributed by atoms with E-state index in [-0.39, 0.29) is 35.8 Å². The molecule has 1 unspecified atom stereocenters. The Morgan fingerprint density at radius 2 is 1.68 bits per heavy atom. The second-order valence-electron chi connectivity index (χ2n) is 5.04. The second kappa shape index (κ2) is 4.16. The van der Waals surface area contributed by atoms with E-state index in [2.05, 4.69) is 0 Å². The average Bonchev–Trinajstić information content (AvgIpc) is 2.83. The van der Waals surface area contributed by atoms with E-state index in [1.54, 1.807) is 24.3 Å². The summed E-state index contributed by atoms with van der Waals surface area (Å²) in [6, 6.07) is 6.68. The zero-order valence-corrected chi connectivity index (χ0v) is 11.0. The van der Waals surface area contributed by atoms with Crippen molar-refractivity contribution in [3.63, 3.8) is 0 Å². The molecule has 1 atom stereocenters. The van der Waals surface area contributed by atoms with Gasteiger partial charge in [-0.2, -0.15) is 0 Å². The van der Waals surface area contributed by atoms with E-state index in [0.717, 1.165) is 0 Å². The lowest BCUT2D eigenvalue weighted by Gasteiger charge is -2.17. The summed E-state index contributed by atoms with van der Waals surface area (Å²) in [6.07, 6.45) is 0.524. The smallest absolute Gasteiger partial charge is 0.261 e. The Hall–Kier alpha value is -1.69. The van der Waals surface area contributed by atoms with Crippen LogP contribution in [0, 0.1) is 5.92 Å². The van der Waals surface area contributed by atoms with Crippen molar-refractivity contribution in [1.29, 1.82) is 0 Å². The van der Waals surface area contributed by atoms with Crippen molar-refractivity contribution < 1.29 is 18.0 Å². The summed E-state index contributed by atoms with van der Waals surface area (Å²) in [5, 5.41) is 0. The summed E-state index contributed by atoms with van der Waals surface area (Å²) in [5.41, 5.74) is 0.821. The maximum atomic E-state index is 12.1. The Morgan fingerprint density at radius 1 is 1.11 bits per heavy atom. The van der Waals surface area contributed by atoms with Crippen LogP contribution in [0.5, 0.6) is 0 Å². The van der Waals surface area contributed by atoms with Gasteiger partial charge in [0.2, 0.25) is 0 Å². The molecule has 1 saturated heterocycles. The second-order valence-corrected chi connectivity index (χ2v) is 7.26. The molecule has 6 heteroatoms. The van der Waals surface area contributed by atoms with Crippen LogP contribution in [0.1, 0.15) is 27.1 Å². The monoisotopic (exact) mass is 279 g/mol. The normalized spacial score (nSPS) is 24.8. The van der Waals surface area contributed by atoms with Gasteiger partial charge in [0.15, 0.2) is 9.84 Å². The first-order chi connectivity index (χ1) is 8.98. The maximum absolute atomic E-state index is 12.1. The molecule has 0 bridgehead atoms. The Morgan fingerprint density at radius 3 is 2.16 bits per heavy atom. The van der Waals surface area contributed by atoms with Crippen molar-refractivity contribution in [1.82, 2.24) is 4.90 Å². The molecule has 0 radical (unpaired) electrons. The predicted molar refractivity (Wildman–Crippen MR) is 68.6 cm³/mol. The van der Waals surface area contributed by atoms with E-state index in [1.807, 2.05) is 0 Å². The van der Waals surface area contributed by atoms with Crippen molar-refractivity contribution in [3.05, 3.63) is 35.4 Å². The van der Waals surface area contributed by atoms with Crippen LogP contribution in [0.25, 0.3) is 0 Å². The maximum Gasteiger partial charge on any atom is 0.261 e. The number of nitrogens with zero attached hydrogens (tertiary/aromatic N) is 1. The summed E-state index contributed by atoms with van der Waals surface area (Å²) < 4.78 is 22.8. The van der Waals surface area contributed by atoms with Gasteiger partial charge in [-0.05, 0) is 24.5 Å².